The van der Waals surface area contributed by atoms with E-state index in [0.717, 1.165) is 42.3 Å². The summed E-state index contributed by atoms with van der Waals surface area (Å²) < 4.78 is 13.1. The Balaban J connectivity index is 1.53. The summed E-state index contributed by atoms with van der Waals surface area (Å²) in [5.74, 6) is 1.73. The summed E-state index contributed by atoms with van der Waals surface area (Å²) in [6, 6.07) is 17.9. The van der Waals surface area contributed by atoms with Crippen molar-refractivity contribution in [3.05, 3.63) is 66.0 Å². The van der Waals surface area contributed by atoms with Crippen LogP contribution in [0.15, 0.2) is 59.8 Å². The predicted molar refractivity (Wildman–Crippen MR) is 120 cm³/mol. The van der Waals surface area contributed by atoms with E-state index in [4.69, 9.17) is 9.47 Å². The zero-order valence-electron chi connectivity index (χ0n) is 17.5. The number of benzene rings is 2. The lowest BCUT2D eigenvalue weighted by Gasteiger charge is -2.14. The van der Waals surface area contributed by atoms with Gasteiger partial charge in [-0.1, -0.05) is 54.2 Å². The largest absolute Gasteiger partial charge is 0.495 e. The summed E-state index contributed by atoms with van der Waals surface area (Å²) in [6.07, 6.45) is 2.81. The summed E-state index contributed by atoms with van der Waals surface area (Å²) in [5.41, 5.74) is 1.99. The summed E-state index contributed by atoms with van der Waals surface area (Å²) in [4.78, 5) is 12.4. The number of thioether (sulfide) groups is 1. The van der Waals surface area contributed by atoms with Gasteiger partial charge in [0, 0.05) is 19.6 Å². The Bertz CT molecular complexity index is 1000. The quantitative estimate of drug-likeness (QED) is 0.517. The Morgan fingerprint density at radius 2 is 2.00 bits per heavy atom. The molecule has 0 radical (unpaired) electrons. The molecule has 1 aromatic heterocycles. The second-order valence-electron chi connectivity index (χ2n) is 7.30. The van der Waals surface area contributed by atoms with Crippen LogP contribution in [0.1, 0.15) is 24.2 Å². The standard InChI is InChI=1S/C23H26N4O3S/c1-29-20-12-6-5-11-19(20)27-21(14-17-8-3-2-4-9-17)25-26-23(27)31-16-22(28)24-15-18-10-7-13-30-18/h2-6,8-9,11-12,18H,7,10,13-16H2,1H3,(H,24,28). The molecule has 1 fully saturated rings. The number of ether oxygens (including phenoxy) is 2. The molecule has 162 valence electrons. The molecule has 1 N–H and O–H groups in total. The van der Waals surface area contributed by atoms with Crippen molar-refractivity contribution in [3.8, 4) is 11.4 Å². The zero-order valence-corrected chi connectivity index (χ0v) is 18.3. The smallest absolute Gasteiger partial charge is 0.230 e. The predicted octanol–water partition coefficient (Wildman–Crippen LogP) is 3.25. The van der Waals surface area contributed by atoms with E-state index in [1.54, 1.807) is 7.11 Å². The van der Waals surface area contributed by atoms with E-state index in [0.29, 0.717) is 18.1 Å². The molecule has 4 rings (SSSR count). The minimum absolute atomic E-state index is 0.0420. The molecule has 1 amide bonds. The Kier molecular flexibility index (Phi) is 7.22. The van der Waals surface area contributed by atoms with Crippen LogP contribution in [0.3, 0.4) is 0 Å². The maximum absolute atomic E-state index is 12.4. The third kappa shape index (κ3) is 5.45. The number of hydrogen-bond acceptors (Lipinski definition) is 6. The number of carbonyl (C=O) groups excluding carboxylic acids is 1. The molecule has 1 aliphatic rings. The van der Waals surface area contributed by atoms with Gasteiger partial charge >= 0.3 is 0 Å². The fourth-order valence-electron chi connectivity index (χ4n) is 3.56. The highest BCUT2D eigenvalue weighted by Gasteiger charge is 2.20. The molecule has 8 heteroatoms. The summed E-state index contributed by atoms with van der Waals surface area (Å²) in [6.45, 7) is 1.33. The molecule has 2 aromatic carbocycles. The molecular weight excluding hydrogens is 412 g/mol. The van der Waals surface area contributed by atoms with Crippen LogP contribution in [0.2, 0.25) is 0 Å². The van der Waals surface area contributed by atoms with Crippen molar-refractivity contribution >= 4 is 17.7 Å². The van der Waals surface area contributed by atoms with E-state index in [-0.39, 0.29) is 17.8 Å². The average Bonchev–Trinajstić information content (AvgIpc) is 3.47. The van der Waals surface area contributed by atoms with Gasteiger partial charge in [-0.25, -0.2) is 0 Å². The maximum atomic E-state index is 12.4. The summed E-state index contributed by atoms with van der Waals surface area (Å²) >= 11 is 1.36. The molecule has 1 saturated heterocycles. The lowest BCUT2D eigenvalue weighted by molar-refractivity contribution is -0.119. The molecule has 0 spiro atoms. The van der Waals surface area contributed by atoms with E-state index >= 15 is 0 Å². The minimum Gasteiger partial charge on any atom is -0.495 e. The number of hydrogen-bond donors (Lipinski definition) is 1. The van der Waals surface area contributed by atoms with Crippen LogP contribution in [-0.2, 0) is 16.0 Å². The number of aromatic nitrogens is 3. The lowest BCUT2D eigenvalue weighted by atomic mass is 10.1. The van der Waals surface area contributed by atoms with Crippen molar-refractivity contribution in [1.82, 2.24) is 20.1 Å². The lowest BCUT2D eigenvalue weighted by Crippen LogP contribution is -2.32. The first-order valence-electron chi connectivity index (χ1n) is 10.4. The van der Waals surface area contributed by atoms with Gasteiger partial charge in [-0.2, -0.15) is 0 Å². The van der Waals surface area contributed by atoms with Gasteiger partial charge in [0.05, 0.1) is 24.7 Å². The number of carbonyl (C=O) groups is 1. The average molecular weight is 439 g/mol. The molecule has 0 aliphatic carbocycles. The van der Waals surface area contributed by atoms with Crippen LogP contribution < -0.4 is 10.1 Å². The highest BCUT2D eigenvalue weighted by molar-refractivity contribution is 7.99. The normalized spacial score (nSPS) is 15.7. The first-order valence-corrected chi connectivity index (χ1v) is 11.4. The SMILES string of the molecule is COc1ccccc1-n1c(Cc2ccccc2)nnc1SCC(=O)NCC1CCCO1. The number of rotatable bonds is 9. The Morgan fingerprint density at radius 3 is 2.77 bits per heavy atom. The fraction of sp³-hybridized carbons (Fsp3) is 0.348. The van der Waals surface area contributed by atoms with Gasteiger partial charge in [0.2, 0.25) is 5.91 Å². The molecule has 2 heterocycles. The molecule has 0 bridgehead atoms. The van der Waals surface area contributed by atoms with Gasteiger partial charge in [-0.15, -0.1) is 10.2 Å². The van der Waals surface area contributed by atoms with E-state index in [1.807, 2.05) is 47.0 Å². The second kappa shape index (κ2) is 10.5. The van der Waals surface area contributed by atoms with Gasteiger partial charge in [0.15, 0.2) is 5.16 Å². The van der Waals surface area contributed by atoms with Crippen LogP contribution in [-0.4, -0.2) is 52.8 Å². The molecule has 1 unspecified atom stereocenters. The third-order valence-electron chi connectivity index (χ3n) is 5.11. The van der Waals surface area contributed by atoms with Crippen molar-refractivity contribution in [3.63, 3.8) is 0 Å². The number of para-hydroxylation sites is 2. The molecule has 7 nitrogen and oxygen atoms in total. The van der Waals surface area contributed by atoms with Gasteiger partial charge in [0.25, 0.3) is 0 Å². The first-order chi connectivity index (χ1) is 15.2. The summed E-state index contributed by atoms with van der Waals surface area (Å²) in [7, 11) is 1.64. The van der Waals surface area contributed by atoms with Crippen molar-refractivity contribution < 1.29 is 14.3 Å². The highest BCUT2D eigenvalue weighted by atomic mass is 32.2. The molecule has 1 atom stereocenters. The molecule has 0 saturated carbocycles. The maximum Gasteiger partial charge on any atom is 0.230 e. The van der Waals surface area contributed by atoms with E-state index < -0.39 is 0 Å². The Labute approximate surface area is 186 Å². The highest BCUT2D eigenvalue weighted by Crippen LogP contribution is 2.29. The van der Waals surface area contributed by atoms with Crippen LogP contribution in [0.5, 0.6) is 5.75 Å². The van der Waals surface area contributed by atoms with Crippen LogP contribution in [0, 0.1) is 0 Å². The zero-order chi connectivity index (χ0) is 21.5. The van der Waals surface area contributed by atoms with Gasteiger partial charge < -0.3 is 14.8 Å². The van der Waals surface area contributed by atoms with Crippen molar-refractivity contribution in [2.24, 2.45) is 0 Å². The topological polar surface area (TPSA) is 78.3 Å². The fourth-order valence-corrected chi connectivity index (χ4v) is 4.35. The third-order valence-corrected chi connectivity index (χ3v) is 6.04. The van der Waals surface area contributed by atoms with Crippen LogP contribution in [0.4, 0.5) is 0 Å². The molecular formula is C23H26N4O3S. The first kappa shape index (κ1) is 21.4. The Hall–Kier alpha value is -2.84. The van der Waals surface area contributed by atoms with Crippen LogP contribution in [0.25, 0.3) is 5.69 Å². The number of amides is 1. The van der Waals surface area contributed by atoms with Crippen molar-refractivity contribution in [2.45, 2.75) is 30.5 Å². The second-order valence-corrected chi connectivity index (χ2v) is 8.24. The van der Waals surface area contributed by atoms with Crippen molar-refractivity contribution in [2.75, 3.05) is 26.0 Å². The molecule has 1 aliphatic heterocycles. The van der Waals surface area contributed by atoms with Crippen molar-refractivity contribution in [1.29, 1.82) is 0 Å². The van der Waals surface area contributed by atoms with Gasteiger partial charge in [-0.3, -0.25) is 9.36 Å². The van der Waals surface area contributed by atoms with E-state index in [1.165, 1.54) is 11.8 Å². The monoisotopic (exact) mass is 438 g/mol. The van der Waals surface area contributed by atoms with E-state index in [9.17, 15) is 4.79 Å². The molecule has 31 heavy (non-hydrogen) atoms. The number of nitrogens with zero attached hydrogens (tertiary/aromatic N) is 3. The van der Waals surface area contributed by atoms with E-state index in [2.05, 4.69) is 27.6 Å². The van der Waals surface area contributed by atoms with Gasteiger partial charge in [-0.05, 0) is 30.5 Å². The molecule has 3 aromatic rings. The van der Waals surface area contributed by atoms with Gasteiger partial charge in [0.1, 0.15) is 11.6 Å². The summed E-state index contributed by atoms with van der Waals surface area (Å²) in [5, 5.41) is 12.4. The minimum atomic E-state index is -0.0420. The number of nitrogens with one attached hydrogen (secondary N) is 1. The van der Waals surface area contributed by atoms with Crippen LogP contribution >= 0.6 is 11.8 Å². The number of methoxy groups -OCH3 is 1. The Morgan fingerprint density at radius 1 is 1.19 bits per heavy atom.